The van der Waals surface area contributed by atoms with E-state index in [0.717, 1.165) is 11.6 Å². The molecule has 182 valence electrons. The van der Waals surface area contributed by atoms with E-state index in [2.05, 4.69) is 15.4 Å². The van der Waals surface area contributed by atoms with Crippen LogP contribution < -0.4 is 19.5 Å². The third kappa shape index (κ3) is 4.51. The Labute approximate surface area is 209 Å². The first-order chi connectivity index (χ1) is 17.4. The Balaban J connectivity index is 1.41. The van der Waals surface area contributed by atoms with Crippen molar-refractivity contribution in [3.8, 4) is 34.6 Å². The Hall–Kier alpha value is -4.64. The number of rotatable bonds is 7. The van der Waals surface area contributed by atoms with Crippen molar-refractivity contribution in [2.75, 3.05) is 18.7 Å². The van der Waals surface area contributed by atoms with Gasteiger partial charge in [0, 0.05) is 22.9 Å². The molecular formula is C24H18ClN5O6. The van der Waals surface area contributed by atoms with Crippen molar-refractivity contribution in [1.29, 1.82) is 0 Å². The minimum Gasteiger partial charge on any atom is -0.463 e. The quantitative estimate of drug-likeness (QED) is 0.277. The lowest BCUT2D eigenvalue weighted by atomic mass is 10.1. The number of amides is 1. The monoisotopic (exact) mass is 507 g/mol. The maximum Gasteiger partial charge on any atom is 0.336 e. The highest BCUT2D eigenvalue weighted by atomic mass is 35.5. The van der Waals surface area contributed by atoms with Crippen molar-refractivity contribution in [3.63, 3.8) is 0 Å². The minimum atomic E-state index is -0.639. The Morgan fingerprint density at radius 3 is 2.67 bits per heavy atom. The van der Waals surface area contributed by atoms with Crippen LogP contribution in [0.25, 0.3) is 17.1 Å². The maximum atomic E-state index is 12.6. The summed E-state index contributed by atoms with van der Waals surface area (Å²) in [6.45, 7) is 2.40. The Morgan fingerprint density at radius 2 is 1.92 bits per heavy atom. The highest BCUT2D eigenvalue weighted by molar-refractivity contribution is 6.32. The van der Waals surface area contributed by atoms with Crippen molar-refractivity contribution in [2.24, 2.45) is 0 Å². The summed E-state index contributed by atoms with van der Waals surface area (Å²) < 4.78 is 18.0. The molecule has 36 heavy (non-hydrogen) atoms. The molecule has 1 aliphatic rings. The average molecular weight is 508 g/mol. The van der Waals surface area contributed by atoms with E-state index in [1.807, 2.05) is 19.1 Å². The number of nitro groups is 1. The average Bonchev–Trinajstić information content (AvgIpc) is 3.51. The molecule has 0 spiro atoms. The molecule has 1 aliphatic heterocycles. The Kier molecular flexibility index (Phi) is 6.13. The number of halogens is 1. The number of nitrogens with one attached hydrogen (secondary N) is 1. The predicted octanol–water partition coefficient (Wildman–Crippen LogP) is 4.88. The van der Waals surface area contributed by atoms with E-state index in [0.29, 0.717) is 35.3 Å². The zero-order chi connectivity index (χ0) is 25.2. The first-order valence-electron chi connectivity index (χ1n) is 10.8. The largest absolute Gasteiger partial charge is 0.463 e. The van der Waals surface area contributed by atoms with Gasteiger partial charge in [-0.3, -0.25) is 14.9 Å². The molecule has 0 fully saturated rings. The highest BCUT2D eigenvalue weighted by Crippen LogP contribution is 2.36. The van der Waals surface area contributed by atoms with Gasteiger partial charge in [0.1, 0.15) is 5.02 Å². The lowest BCUT2D eigenvalue weighted by Gasteiger charge is -2.09. The van der Waals surface area contributed by atoms with E-state index < -0.39 is 10.8 Å². The fourth-order valence-corrected chi connectivity index (χ4v) is 3.76. The van der Waals surface area contributed by atoms with E-state index >= 15 is 0 Å². The lowest BCUT2D eigenvalue weighted by Crippen LogP contribution is -2.12. The van der Waals surface area contributed by atoms with Crippen molar-refractivity contribution >= 4 is 28.9 Å². The fraction of sp³-hybridized carbons (Fsp3) is 0.125. The molecule has 0 saturated carbocycles. The van der Waals surface area contributed by atoms with Gasteiger partial charge in [-0.25, -0.2) is 4.68 Å². The molecule has 0 radical (unpaired) electrons. The molecule has 12 heteroatoms. The van der Waals surface area contributed by atoms with Crippen molar-refractivity contribution in [2.45, 2.75) is 6.92 Å². The van der Waals surface area contributed by atoms with Gasteiger partial charge >= 0.3 is 6.01 Å². The molecule has 3 aromatic carbocycles. The lowest BCUT2D eigenvalue weighted by molar-refractivity contribution is -0.384. The molecule has 0 unspecified atom stereocenters. The molecule has 5 rings (SSSR count). The summed E-state index contributed by atoms with van der Waals surface area (Å²) in [4.78, 5) is 27.6. The highest BCUT2D eigenvalue weighted by Gasteiger charge is 2.20. The summed E-state index contributed by atoms with van der Waals surface area (Å²) in [5.74, 6) is 1.28. The third-order valence-electron chi connectivity index (χ3n) is 5.27. The molecule has 1 N–H and O–H groups in total. The Morgan fingerprint density at radius 1 is 1.14 bits per heavy atom. The first kappa shape index (κ1) is 23.1. The van der Waals surface area contributed by atoms with Crippen molar-refractivity contribution < 1.29 is 23.9 Å². The van der Waals surface area contributed by atoms with E-state index in [4.69, 9.17) is 25.8 Å². The number of fused-ring (bicyclic) bond motifs is 1. The predicted molar refractivity (Wildman–Crippen MR) is 130 cm³/mol. The van der Waals surface area contributed by atoms with E-state index in [9.17, 15) is 14.9 Å². The van der Waals surface area contributed by atoms with Crippen LogP contribution in [0.2, 0.25) is 5.02 Å². The van der Waals surface area contributed by atoms with Gasteiger partial charge in [0.05, 0.1) is 17.2 Å². The fourth-order valence-electron chi connectivity index (χ4n) is 3.57. The molecule has 1 aromatic heterocycles. The van der Waals surface area contributed by atoms with Crippen molar-refractivity contribution in [1.82, 2.24) is 14.8 Å². The van der Waals surface area contributed by atoms with E-state index in [1.54, 1.807) is 35.0 Å². The van der Waals surface area contributed by atoms with Gasteiger partial charge in [0.2, 0.25) is 6.79 Å². The van der Waals surface area contributed by atoms with Gasteiger partial charge in [-0.1, -0.05) is 11.6 Å². The molecule has 2 heterocycles. The molecule has 1 amide bonds. The number of hydrogen-bond donors (Lipinski definition) is 1. The van der Waals surface area contributed by atoms with Crippen LogP contribution in [0, 0.1) is 10.1 Å². The standard InChI is InChI=1S/C24H18ClN5O6/c1-2-34-24-27-22(14-4-10-20-21(12-14)36-13-35-20)29(28-24)17-7-5-16(6-8-17)26-23(31)15-3-9-18(25)19(11-15)30(32)33/h3-12H,2,13H2,1H3,(H,26,31). The van der Waals surface area contributed by atoms with Crippen LogP contribution in [-0.4, -0.2) is 39.0 Å². The summed E-state index contributed by atoms with van der Waals surface area (Å²) in [5, 5.41) is 18.2. The number of nitrogens with zero attached hydrogens (tertiary/aromatic N) is 4. The van der Waals surface area contributed by atoms with Gasteiger partial charge in [0.15, 0.2) is 17.3 Å². The van der Waals surface area contributed by atoms with Crippen LogP contribution in [0.5, 0.6) is 17.5 Å². The van der Waals surface area contributed by atoms with Gasteiger partial charge in [-0.05, 0) is 61.5 Å². The molecule has 11 nitrogen and oxygen atoms in total. The van der Waals surface area contributed by atoms with Crippen LogP contribution in [0.1, 0.15) is 17.3 Å². The van der Waals surface area contributed by atoms with E-state index in [1.165, 1.54) is 12.1 Å². The third-order valence-corrected chi connectivity index (χ3v) is 5.59. The number of benzene rings is 3. The number of hydrogen-bond acceptors (Lipinski definition) is 8. The van der Waals surface area contributed by atoms with Crippen LogP contribution in [0.4, 0.5) is 11.4 Å². The molecule has 0 atom stereocenters. The smallest absolute Gasteiger partial charge is 0.336 e. The van der Waals surface area contributed by atoms with Crippen molar-refractivity contribution in [3.05, 3.63) is 81.4 Å². The van der Waals surface area contributed by atoms with E-state index in [-0.39, 0.29) is 29.1 Å². The first-order valence-corrected chi connectivity index (χ1v) is 11.2. The van der Waals surface area contributed by atoms with Crippen LogP contribution in [0.3, 0.4) is 0 Å². The molecule has 0 aliphatic carbocycles. The summed E-state index contributed by atoms with van der Waals surface area (Å²) >= 11 is 5.83. The second-order valence-electron chi connectivity index (χ2n) is 7.56. The second-order valence-corrected chi connectivity index (χ2v) is 7.96. The Bertz CT molecular complexity index is 1470. The second kappa shape index (κ2) is 9.55. The maximum absolute atomic E-state index is 12.6. The molecule has 0 saturated heterocycles. The SMILES string of the molecule is CCOc1nc(-c2ccc3c(c2)OCO3)n(-c2ccc(NC(=O)c3ccc(Cl)c([N+](=O)[O-])c3)cc2)n1. The van der Waals surface area contributed by atoms with Crippen LogP contribution in [0.15, 0.2) is 60.7 Å². The van der Waals surface area contributed by atoms with Gasteiger partial charge in [-0.15, -0.1) is 5.10 Å². The number of aromatic nitrogens is 3. The van der Waals surface area contributed by atoms with Gasteiger partial charge in [-0.2, -0.15) is 4.98 Å². The molecule has 4 aromatic rings. The zero-order valence-electron chi connectivity index (χ0n) is 18.8. The summed E-state index contributed by atoms with van der Waals surface area (Å²) in [5.41, 5.74) is 1.67. The molecular weight excluding hydrogens is 490 g/mol. The summed E-state index contributed by atoms with van der Waals surface area (Å²) in [6.07, 6.45) is 0. The summed E-state index contributed by atoms with van der Waals surface area (Å²) in [7, 11) is 0. The summed E-state index contributed by atoms with van der Waals surface area (Å²) in [6, 6.07) is 16.4. The topological polar surface area (TPSA) is 131 Å². The number of anilines is 1. The minimum absolute atomic E-state index is 0.0431. The molecule has 0 bridgehead atoms. The normalized spacial score (nSPS) is 11.8. The zero-order valence-corrected chi connectivity index (χ0v) is 19.6. The van der Waals surface area contributed by atoms with Crippen LogP contribution >= 0.6 is 11.6 Å². The number of nitro benzene ring substituents is 1. The number of carbonyl (C=O) groups is 1. The number of carbonyl (C=O) groups excluding carboxylic acids is 1. The van der Waals surface area contributed by atoms with Crippen LogP contribution in [-0.2, 0) is 0 Å². The number of ether oxygens (including phenoxy) is 3. The van der Waals surface area contributed by atoms with Gasteiger partial charge in [0.25, 0.3) is 11.6 Å². The van der Waals surface area contributed by atoms with Gasteiger partial charge < -0.3 is 19.5 Å².